The average Bonchev–Trinajstić information content (AvgIpc) is 2.71. The highest BCUT2D eigenvalue weighted by molar-refractivity contribution is 9.10. The summed E-state index contributed by atoms with van der Waals surface area (Å²) in [6, 6.07) is 4.39. The first-order valence-corrected chi connectivity index (χ1v) is 7.75. The van der Waals surface area contributed by atoms with Crippen molar-refractivity contribution in [2.24, 2.45) is 0 Å². The number of thiophene rings is 1. The predicted octanol–water partition coefficient (Wildman–Crippen LogP) is 5.18. The highest BCUT2D eigenvalue weighted by Gasteiger charge is 2.14. The molecule has 2 aromatic rings. The van der Waals surface area contributed by atoms with Crippen LogP contribution in [0.3, 0.4) is 0 Å². The minimum atomic E-state index is -0.583. The number of Topliss-reactive ketones (excluding diaryl/α,β-unsaturated/α-hetero) is 1. The van der Waals surface area contributed by atoms with E-state index in [0.717, 1.165) is 15.8 Å². The Morgan fingerprint density at radius 3 is 2.70 bits per heavy atom. The molecule has 0 amide bonds. The van der Waals surface area contributed by atoms with Crippen LogP contribution < -0.4 is 4.74 Å². The summed E-state index contributed by atoms with van der Waals surface area (Å²) in [6.07, 6.45) is 0. The molecule has 20 heavy (non-hydrogen) atoms. The number of aryl methyl sites for hydroxylation is 2. The van der Waals surface area contributed by atoms with E-state index in [0.29, 0.717) is 10.0 Å². The maximum Gasteiger partial charge on any atom is 0.201 e. The van der Waals surface area contributed by atoms with Gasteiger partial charge in [0.05, 0.1) is 9.50 Å². The molecule has 0 saturated heterocycles. The molecule has 0 fully saturated rings. The first-order valence-electron chi connectivity index (χ1n) is 5.76. The second-order valence-corrected chi connectivity index (χ2v) is 6.96. The molecule has 1 aromatic carbocycles. The molecule has 0 N–H and O–H groups in total. The molecule has 0 unspecified atom stereocenters. The topological polar surface area (TPSA) is 26.3 Å². The Morgan fingerprint density at radius 2 is 2.10 bits per heavy atom. The number of carbonyl (C=O) groups is 1. The van der Waals surface area contributed by atoms with E-state index in [-0.39, 0.29) is 23.2 Å². The number of halogens is 3. The minimum absolute atomic E-state index is 0.000134. The predicted molar refractivity (Wildman–Crippen MR) is 82.7 cm³/mol. The van der Waals surface area contributed by atoms with Crippen LogP contribution in [0.15, 0.2) is 22.7 Å². The summed E-state index contributed by atoms with van der Waals surface area (Å²) in [5.74, 6) is -0.459. The first kappa shape index (κ1) is 15.5. The van der Waals surface area contributed by atoms with E-state index in [4.69, 9.17) is 16.3 Å². The van der Waals surface area contributed by atoms with Gasteiger partial charge in [0.15, 0.2) is 6.61 Å². The van der Waals surface area contributed by atoms with Gasteiger partial charge in [-0.05, 0) is 41.9 Å². The standard InChI is InChI=1S/C14H11BrClFO2S/c1-7-3-9(8(2)20-7)13(18)6-19-14-5-12(17)11(16)4-10(14)15/h3-5H,6H2,1-2H3. The van der Waals surface area contributed by atoms with Crippen LogP contribution in [0, 0.1) is 19.7 Å². The van der Waals surface area contributed by atoms with Crippen molar-refractivity contribution in [3.63, 3.8) is 0 Å². The van der Waals surface area contributed by atoms with Gasteiger partial charge >= 0.3 is 0 Å². The van der Waals surface area contributed by atoms with Crippen LogP contribution in [0.2, 0.25) is 5.02 Å². The lowest BCUT2D eigenvalue weighted by Crippen LogP contribution is -2.12. The molecule has 0 spiro atoms. The fraction of sp³-hybridized carbons (Fsp3) is 0.214. The maximum absolute atomic E-state index is 13.4. The van der Waals surface area contributed by atoms with Crippen molar-refractivity contribution in [2.75, 3.05) is 6.61 Å². The minimum Gasteiger partial charge on any atom is -0.484 e. The fourth-order valence-electron chi connectivity index (χ4n) is 1.74. The van der Waals surface area contributed by atoms with E-state index >= 15 is 0 Å². The maximum atomic E-state index is 13.4. The van der Waals surface area contributed by atoms with Crippen LogP contribution in [0.1, 0.15) is 20.1 Å². The summed E-state index contributed by atoms with van der Waals surface area (Å²) < 4.78 is 19.2. The van der Waals surface area contributed by atoms with Crippen LogP contribution in [-0.4, -0.2) is 12.4 Å². The first-order chi connectivity index (χ1) is 9.38. The van der Waals surface area contributed by atoms with Crippen molar-refractivity contribution in [1.82, 2.24) is 0 Å². The molecule has 106 valence electrons. The summed E-state index contributed by atoms with van der Waals surface area (Å²) in [4.78, 5) is 14.1. The fourth-order valence-corrected chi connectivity index (χ4v) is 3.44. The highest BCUT2D eigenvalue weighted by atomic mass is 79.9. The molecular weight excluding hydrogens is 367 g/mol. The normalized spacial score (nSPS) is 10.7. The smallest absolute Gasteiger partial charge is 0.201 e. The molecular formula is C14H11BrClFO2S. The Hall–Kier alpha value is -0.910. The second-order valence-electron chi connectivity index (χ2n) is 4.24. The zero-order valence-corrected chi connectivity index (χ0v) is 14.0. The molecule has 0 aliphatic rings. The van der Waals surface area contributed by atoms with Crippen molar-refractivity contribution in [3.8, 4) is 5.75 Å². The zero-order chi connectivity index (χ0) is 14.9. The Balaban J connectivity index is 2.11. The third kappa shape index (κ3) is 3.40. The molecule has 2 rings (SSSR count). The summed E-state index contributed by atoms with van der Waals surface area (Å²) in [5.41, 5.74) is 0.651. The SMILES string of the molecule is Cc1cc(C(=O)COc2cc(F)c(Cl)cc2Br)c(C)s1. The average molecular weight is 378 g/mol. The molecule has 2 nitrogen and oxygen atoms in total. The Labute approximate surface area is 133 Å². The molecule has 6 heteroatoms. The summed E-state index contributed by atoms with van der Waals surface area (Å²) >= 11 is 10.4. The third-order valence-electron chi connectivity index (χ3n) is 2.67. The molecule has 0 bridgehead atoms. The second kappa shape index (κ2) is 6.24. The van der Waals surface area contributed by atoms with Crippen molar-refractivity contribution in [2.45, 2.75) is 13.8 Å². The van der Waals surface area contributed by atoms with Gasteiger partial charge in [-0.2, -0.15) is 0 Å². The number of hydrogen-bond acceptors (Lipinski definition) is 3. The van der Waals surface area contributed by atoms with E-state index in [1.165, 1.54) is 6.07 Å². The molecule has 0 saturated carbocycles. The van der Waals surface area contributed by atoms with Gasteiger partial charge in [-0.3, -0.25) is 4.79 Å². The van der Waals surface area contributed by atoms with E-state index in [1.54, 1.807) is 11.3 Å². The monoisotopic (exact) mass is 376 g/mol. The summed E-state index contributed by atoms with van der Waals surface area (Å²) in [6.45, 7) is 3.69. The number of ketones is 1. The Morgan fingerprint density at radius 1 is 1.40 bits per heavy atom. The van der Waals surface area contributed by atoms with Gasteiger partial charge in [0.1, 0.15) is 11.6 Å². The number of benzene rings is 1. The zero-order valence-electron chi connectivity index (χ0n) is 10.8. The number of ether oxygens (including phenoxy) is 1. The Kier molecular flexibility index (Phi) is 4.83. The van der Waals surface area contributed by atoms with Crippen molar-refractivity contribution in [1.29, 1.82) is 0 Å². The van der Waals surface area contributed by atoms with E-state index in [2.05, 4.69) is 15.9 Å². The lowest BCUT2D eigenvalue weighted by Gasteiger charge is -2.08. The quantitative estimate of drug-likeness (QED) is 0.542. The van der Waals surface area contributed by atoms with Crippen LogP contribution in [0.5, 0.6) is 5.75 Å². The van der Waals surface area contributed by atoms with Gasteiger partial charge in [0.25, 0.3) is 0 Å². The van der Waals surface area contributed by atoms with Gasteiger partial charge in [-0.15, -0.1) is 11.3 Å². The largest absolute Gasteiger partial charge is 0.484 e. The van der Waals surface area contributed by atoms with Gasteiger partial charge in [0, 0.05) is 21.4 Å². The summed E-state index contributed by atoms with van der Waals surface area (Å²) in [5, 5.41) is -0.000134. The van der Waals surface area contributed by atoms with Crippen molar-refractivity contribution in [3.05, 3.63) is 48.8 Å². The molecule has 0 radical (unpaired) electrons. The van der Waals surface area contributed by atoms with Crippen LogP contribution in [-0.2, 0) is 0 Å². The van der Waals surface area contributed by atoms with Crippen molar-refractivity contribution >= 4 is 44.7 Å². The Bertz CT molecular complexity index is 669. The molecule has 0 aliphatic carbocycles. The van der Waals surface area contributed by atoms with Gasteiger partial charge in [-0.1, -0.05) is 11.6 Å². The number of hydrogen-bond donors (Lipinski definition) is 0. The van der Waals surface area contributed by atoms with E-state index in [9.17, 15) is 9.18 Å². The highest BCUT2D eigenvalue weighted by Crippen LogP contribution is 2.30. The van der Waals surface area contributed by atoms with Gasteiger partial charge in [0.2, 0.25) is 5.78 Å². The number of carbonyl (C=O) groups excluding carboxylic acids is 1. The molecule has 1 heterocycles. The summed E-state index contributed by atoms with van der Waals surface area (Å²) in [7, 11) is 0. The number of rotatable bonds is 4. The van der Waals surface area contributed by atoms with Crippen LogP contribution in [0.4, 0.5) is 4.39 Å². The van der Waals surface area contributed by atoms with Crippen LogP contribution in [0.25, 0.3) is 0 Å². The molecule has 1 aromatic heterocycles. The van der Waals surface area contributed by atoms with E-state index < -0.39 is 5.82 Å². The van der Waals surface area contributed by atoms with Gasteiger partial charge < -0.3 is 4.74 Å². The van der Waals surface area contributed by atoms with E-state index in [1.807, 2.05) is 19.9 Å². The third-order valence-corrected chi connectivity index (χ3v) is 4.55. The lowest BCUT2D eigenvalue weighted by molar-refractivity contribution is 0.0920. The van der Waals surface area contributed by atoms with Gasteiger partial charge in [-0.25, -0.2) is 4.39 Å². The lowest BCUT2D eigenvalue weighted by atomic mass is 10.2. The molecule has 0 atom stereocenters. The van der Waals surface area contributed by atoms with Crippen LogP contribution >= 0.6 is 38.9 Å². The van der Waals surface area contributed by atoms with Crippen molar-refractivity contribution < 1.29 is 13.9 Å². The molecule has 0 aliphatic heterocycles.